The van der Waals surface area contributed by atoms with Gasteiger partial charge in [-0.25, -0.2) is 0 Å². The third kappa shape index (κ3) is 2.21. The number of nitrogens with one attached hydrogen (secondary N) is 1. The molecule has 1 amide bonds. The first-order chi connectivity index (χ1) is 7.29. The van der Waals surface area contributed by atoms with E-state index in [4.69, 9.17) is 9.47 Å². The number of rotatable bonds is 4. The molecule has 0 fully saturated rings. The van der Waals surface area contributed by atoms with Crippen molar-refractivity contribution < 1.29 is 14.3 Å². The van der Waals surface area contributed by atoms with Crippen molar-refractivity contribution in [1.29, 1.82) is 0 Å². The van der Waals surface area contributed by atoms with E-state index in [1.165, 1.54) is 0 Å². The van der Waals surface area contributed by atoms with Crippen molar-refractivity contribution >= 4 is 6.41 Å². The highest BCUT2D eigenvalue weighted by atomic mass is 16.7. The lowest BCUT2D eigenvalue weighted by atomic mass is 10.1. The predicted molar refractivity (Wildman–Crippen MR) is 54.9 cm³/mol. The zero-order valence-corrected chi connectivity index (χ0v) is 8.53. The van der Waals surface area contributed by atoms with Crippen molar-refractivity contribution in [3.8, 4) is 11.5 Å². The number of ether oxygens (including phenoxy) is 2. The van der Waals surface area contributed by atoms with Crippen molar-refractivity contribution in [2.24, 2.45) is 0 Å². The summed E-state index contributed by atoms with van der Waals surface area (Å²) in [6.45, 7) is 2.25. The fraction of sp³-hybridized carbons (Fsp3) is 0.364. The molecular formula is C11H13NO3. The van der Waals surface area contributed by atoms with Crippen LogP contribution in [0.3, 0.4) is 0 Å². The summed E-state index contributed by atoms with van der Waals surface area (Å²) in [5.74, 6) is 1.57. The molecule has 1 atom stereocenters. The highest BCUT2D eigenvalue weighted by molar-refractivity contribution is 5.47. The number of hydrogen-bond acceptors (Lipinski definition) is 3. The average molecular weight is 207 g/mol. The minimum Gasteiger partial charge on any atom is -0.454 e. The Labute approximate surface area is 88.2 Å². The maximum Gasteiger partial charge on any atom is 0.231 e. The van der Waals surface area contributed by atoms with Crippen molar-refractivity contribution in [2.75, 3.05) is 6.79 Å². The first-order valence-corrected chi connectivity index (χ1v) is 4.88. The molecule has 0 radical (unpaired) electrons. The molecule has 0 spiro atoms. The van der Waals surface area contributed by atoms with Gasteiger partial charge in [-0.15, -0.1) is 0 Å². The monoisotopic (exact) mass is 207 g/mol. The van der Waals surface area contributed by atoms with Gasteiger partial charge >= 0.3 is 0 Å². The zero-order valence-electron chi connectivity index (χ0n) is 8.53. The lowest BCUT2D eigenvalue weighted by Gasteiger charge is -2.10. The minimum absolute atomic E-state index is 0.128. The molecule has 1 heterocycles. The van der Waals surface area contributed by atoms with Crippen molar-refractivity contribution in [3.63, 3.8) is 0 Å². The van der Waals surface area contributed by atoms with E-state index in [0.29, 0.717) is 6.79 Å². The van der Waals surface area contributed by atoms with Crippen LogP contribution in [-0.2, 0) is 11.2 Å². The summed E-state index contributed by atoms with van der Waals surface area (Å²) in [4.78, 5) is 10.2. The van der Waals surface area contributed by atoms with E-state index in [1.54, 1.807) is 0 Å². The quantitative estimate of drug-likeness (QED) is 0.752. The van der Waals surface area contributed by atoms with E-state index in [-0.39, 0.29) is 6.04 Å². The Hall–Kier alpha value is -1.71. The highest BCUT2D eigenvalue weighted by Crippen LogP contribution is 2.32. The van der Waals surface area contributed by atoms with Crippen molar-refractivity contribution in [2.45, 2.75) is 19.4 Å². The molecule has 80 valence electrons. The van der Waals surface area contributed by atoms with E-state index in [1.807, 2.05) is 25.1 Å². The first kappa shape index (κ1) is 9.83. The lowest BCUT2D eigenvalue weighted by Crippen LogP contribution is -2.26. The molecule has 4 heteroatoms. The zero-order chi connectivity index (χ0) is 10.7. The van der Waals surface area contributed by atoms with Crippen LogP contribution in [0, 0.1) is 0 Å². The third-order valence-corrected chi connectivity index (χ3v) is 2.33. The van der Waals surface area contributed by atoms with E-state index in [2.05, 4.69) is 5.32 Å². The molecule has 2 rings (SSSR count). The maximum absolute atomic E-state index is 10.2. The average Bonchev–Trinajstić information content (AvgIpc) is 2.65. The molecule has 4 nitrogen and oxygen atoms in total. The molecular weight excluding hydrogens is 194 g/mol. The summed E-state index contributed by atoms with van der Waals surface area (Å²) >= 11 is 0. The number of carbonyl (C=O) groups excluding carboxylic acids is 1. The van der Waals surface area contributed by atoms with Crippen LogP contribution >= 0.6 is 0 Å². The second kappa shape index (κ2) is 4.21. The third-order valence-electron chi connectivity index (χ3n) is 2.33. The molecule has 1 unspecified atom stereocenters. The molecule has 0 aliphatic carbocycles. The van der Waals surface area contributed by atoms with Gasteiger partial charge in [-0.3, -0.25) is 4.79 Å². The lowest BCUT2D eigenvalue weighted by molar-refractivity contribution is -0.110. The van der Waals surface area contributed by atoms with Crippen LogP contribution in [0.4, 0.5) is 0 Å². The van der Waals surface area contributed by atoms with Gasteiger partial charge in [0.1, 0.15) is 0 Å². The van der Waals surface area contributed by atoms with Crippen LogP contribution < -0.4 is 14.8 Å². The normalized spacial score (nSPS) is 14.7. The van der Waals surface area contributed by atoms with Gasteiger partial charge in [0.2, 0.25) is 13.2 Å². The summed E-state index contributed by atoms with van der Waals surface area (Å²) in [5, 5.41) is 2.71. The van der Waals surface area contributed by atoms with Gasteiger partial charge in [0, 0.05) is 6.04 Å². The molecule has 1 N–H and O–H groups in total. The summed E-state index contributed by atoms with van der Waals surface area (Å²) < 4.78 is 10.5. The van der Waals surface area contributed by atoms with E-state index < -0.39 is 0 Å². The van der Waals surface area contributed by atoms with E-state index >= 15 is 0 Å². The molecule has 1 aromatic carbocycles. The molecule has 1 aliphatic heterocycles. The van der Waals surface area contributed by atoms with Crippen LogP contribution in [0.1, 0.15) is 12.5 Å². The summed E-state index contributed by atoms with van der Waals surface area (Å²) in [6.07, 6.45) is 1.51. The van der Waals surface area contributed by atoms with Crippen LogP contribution in [0.5, 0.6) is 11.5 Å². The SMILES string of the molecule is CC(Cc1ccc2c(c1)OCO2)NC=O. The number of hydrogen-bond donors (Lipinski definition) is 1. The summed E-state index contributed by atoms with van der Waals surface area (Å²) in [6, 6.07) is 5.95. The predicted octanol–water partition coefficient (Wildman–Crippen LogP) is 1.09. The Morgan fingerprint density at radius 3 is 3.07 bits per heavy atom. The van der Waals surface area contributed by atoms with Gasteiger partial charge in [-0.2, -0.15) is 0 Å². The van der Waals surface area contributed by atoms with E-state index in [9.17, 15) is 4.79 Å². The van der Waals surface area contributed by atoms with E-state index in [0.717, 1.165) is 29.9 Å². The smallest absolute Gasteiger partial charge is 0.231 e. The molecule has 0 bridgehead atoms. The second-order valence-electron chi connectivity index (χ2n) is 3.58. The van der Waals surface area contributed by atoms with Gasteiger partial charge in [0.15, 0.2) is 11.5 Å². The van der Waals surface area contributed by atoms with Crippen molar-refractivity contribution in [1.82, 2.24) is 5.32 Å². The summed E-state index contributed by atoms with van der Waals surface area (Å²) in [5.41, 5.74) is 1.13. The highest BCUT2D eigenvalue weighted by Gasteiger charge is 2.13. The Kier molecular flexibility index (Phi) is 2.76. The Balaban J connectivity index is 2.06. The Morgan fingerprint density at radius 2 is 2.27 bits per heavy atom. The maximum atomic E-state index is 10.2. The Bertz CT molecular complexity index is 365. The number of benzene rings is 1. The number of amides is 1. The van der Waals surface area contributed by atoms with Crippen molar-refractivity contribution in [3.05, 3.63) is 23.8 Å². The molecule has 0 saturated carbocycles. The molecule has 0 aromatic heterocycles. The first-order valence-electron chi connectivity index (χ1n) is 4.88. The van der Waals surface area contributed by atoms with Gasteiger partial charge in [0.05, 0.1) is 0 Å². The fourth-order valence-electron chi connectivity index (χ4n) is 1.60. The molecule has 1 aliphatic rings. The Morgan fingerprint density at radius 1 is 1.47 bits per heavy atom. The number of carbonyl (C=O) groups is 1. The van der Waals surface area contributed by atoms with Crippen LogP contribution in [0.25, 0.3) is 0 Å². The van der Waals surface area contributed by atoms with Gasteiger partial charge in [-0.05, 0) is 31.0 Å². The van der Waals surface area contributed by atoms with Gasteiger partial charge in [0.25, 0.3) is 0 Å². The fourth-order valence-corrected chi connectivity index (χ4v) is 1.60. The topological polar surface area (TPSA) is 47.6 Å². The largest absolute Gasteiger partial charge is 0.454 e. The van der Waals surface area contributed by atoms with Crippen LogP contribution in [-0.4, -0.2) is 19.2 Å². The van der Waals surface area contributed by atoms with Gasteiger partial charge in [-0.1, -0.05) is 6.07 Å². The second-order valence-corrected chi connectivity index (χ2v) is 3.58. The van der Waals surface area contributed by atoms with Gasteiger partial charge < -0.3 is 14.8 Å². The molecule has 15 heavy (non-hydrogen) atoms. The summed E-state index contributed by atoms with van der Waals surface area (Å²) in [7, 11) is 0. The van der Waals surface area contributed by atoms with Crippen LogP contribution in [0.2, 0.25) is 0 Å². The standard InChI is InChI=1S/C11H13NO3/c1-8(12-6-13)4-9-2-3-10-11(5-9)15-7-14-10/h2-3,5-6,8H,4,7H2,1H3,(H,12,13). The number of fused-ring (bicyclic) bond motifs is 1. The van der Waals surface area contributed by atoms with Crippen LogP contribution in [0.15, 0.2) is 18.2 Å². The molecule has 0 saturated heterocycles. The minimum atomic E-state index is 0.128. The molecule has 1 aromatic rings.